The number of aliphatic imine (C=N–C) groups is 1. The maximum absolute atomic E-state index is 4.85. The summed E-state index contributed by atoms with van der Waals surface area (Å²) in [7, 11) is 1.99. The van der Waals surface area contributed by atoms with Gasteiger partial charge in [-0.25, -0.2) is 4.99 Å². The van der Waals surface area contributed by atoms with Gasteiger partial charge in [-0.2, -0.15) is 0 Å². The van der Waals surface area contributed by atoms with E-state index in [4.69, 9.17) is 4.99 Å². The first-order chi connectivity index (χ1) is 13.7. The van der Waals surface area contributed by atoms with Crippen LogP contribution in [0.1, 0.15) is 43.8 Å². The highest BCUT2D eigenvalue weighted by molar-refractivity contribution is 5.80. The molecule has 1 unspecified atom stereocenters. The molecule has 2 aliphatic rings. The van der Waals surface area contributed by atoms with Gasteiger partial charge in [0.2, 0.25) is 0 Å². The summed E-state index contributed by atoms with van der Waals surface area (Å²) in [4.78, 5) is 7.29. The van der Waals surface area contributed by atoms with Crippen molar-refractivity contribution in [1.82, 2.24) is 25.4 Å². The second-order valence-electron chi connectivity index (χ2n) is 7.92. The molecule has 7 heteroatoms. The maximum Gasteiger partial charge on any atom is 0.192 e. The average molecular weight is 382 g/mol. The van der Waals surface area contributed by atoms with Crippen molar-refractivity contribution in [3.63, 3.8) is 0 Å². The van der Waals surface area contributed by atoms with Crippen molar-refractivity contribution >= 4 is 11.6 Å². The van der Waals surface area contributed by atoms with Crippen LogP contribution in [0, 0.1) is 6.92 Å². The van der Waals surface area contributed by atoms with E-state index in [0.717, 1.165) is 37.1 Å². The molecule has 1 aliphatic heterocycles. The zero-order valence-corrected chi connectivity index (χ0v) is 16.9. The molecule has 0 spiro atoms. The van der Waals surface area contributed by atoms with Gasteiger partial charge in [-0.15, -0.1) is 10.2 Å². The minimum absolute atomic E-state index is 0.397. The van der Waals surface area contributed by atoms with Crippen LogP contribution in [0.3, 0.4) is 0 Å². The fourth-order valence-corrected chi connectivity index (χ4v) is 4.08. The lowest BCUT2D eigenvalue weighted by molar-refractivity contribution is 0.584. The molecule has 2 heterocycles. The number of para-hydroxylation sites is 1. The Bertz CT molecular complexity index is 792. The molecule has 1 saturated heterocycles. The van der Waals surface area contributed by atoms with Gasteiger partial charge in [-0.3, -0.25) is 0 Å². The van der Waals surface area contributed by atoms with Crippen LogP contribution >= 0.6 is 0 Å². The number of aryl methyl sites for hydroxylation is 1. The number of aromatic nitrogens is 3. The lowest BCUT2D eigenvalue weighted by Crippen LogP contribution is -2.47. The molecule has 2 aromatic rings. The summed E-state index contributed by atoms with van der Waals surface area (Å²) in [6.07, 6.45) is 6.18. The van der Waals surface area contributed by atoms with Crippen LogP contribution in [0.5, 0.6) is 0 Å². The molecule has 0 bridgehead atoms. The first-order valence-electron chi connectivity index (χ1n) is 10.4. The Kier molecular flexibility index (Phi) is 5.78. The molecule has 4 rings (SSSR count). The highest BCUT2D eigenvalue weighted by atomic mass is 15.3. The Hall–Kier alpha value is -2.57. The van der Waals surface area contributed by atoms with Crippen LogP contribution in [0.4, 0.5) is 5.69 Å². The second kappa shape index (κ2) is 8.63. The summed E-state index contributed by atoms with van der Waals surface area (Å²) in [5, 5.41) is 15.7. The van der Waals surface area contributed by atoms with Gasteiger partial charge in [0.25, 0.3) is 0 Å². The third-order valence-electron chi connectivity index (χ3n) is 5.91. The molecule has 1 aromatic carbocycles. The minimum Gasteiger partial charge on any atom is -0.369 e. The molecule has 1 aliphatic carbocycles. The monoisotopic (exact) mass is 381 g/mol. The van der Waals surface area contributed by atoms with E-state index in [1.807, 2.05) is 18.5 Å². The molecule has 1 saturated carbocycles. The van der Waals surface area contributed by atoms with Gasteiger partial charge in [0.15, 0.2) is 11.8 Å². The van der Waals surface area contributed by atoms with Crippen molar-refractivity contribution in [3.05, 3.63) is 42.0 Å². The molecular formula is C21H31N7. The van der Waals surface area contributed by atoms with E-state index in [1.54, 1.807) is 0 Å². The Balaban J connectivity index is 1.41. The van der Waals surface area contributed by atoms with Gasteiger partial charge >= 0.3 is 0 Å². The minimum atomic E-state index is 0.397. The van der Waals surface area contributed by atoms with Gasteiger partial charge in [0.1, 0.15) is 12.4 Å². The van der Waals surface area contributed by atoms with Crippen LogP contribution in [-0.4, -0.2) is 45.9 Å². The van der Waals surface area contributed by atoms with Crippen molar-refractivity contribution in [2.24, 2.45) is 12.0 Å². The van der Waals surface area contributed by atoms with Crippen LogP contribution in [0.2, 0.25) is 0 Å². The lowest BCUT2D eigenvalue weighted by Gasteiger charge is -2.22. The normalized spacial score (nSPS) is 20.7. The first kappa shape index (κ1) is 18.8. The Labute approximate surface area is 167 Å². The van der Waals surface area contributed by atoms with E-state index in [1.165, 1.54) is 31.4 Å². The smallest absolute Gasteiger partial charge is 0.192 e. The Morgan fingerprint density at radius 2 is 1.82 bits per heavy atom. The van der Waals surface area contributed by atoms with Gasteiger partial charge in [-0.05, 0) is 38.3 Å². The Morgan fingerprint density at radius 1 is 1.07 bits per heavy atom. The van der Waals surface area contributed by atoms with Gasteiger partial charge < -0.3 is 20.1 Å². The summed E-state index contributed by atoms with van der Waals surface area (Å²) in [5.41, 5.74) is 1.30. The van der Waals surface area contributed by atoms with Gasteiger partial charge in [0, 0.05) is 37.9 Å². The summed E-state index contributed by atoms with van der Waals surface area (Å²) in [5.74, 6) is 2.72. The lowest BCUT2D eigenvalue weighted by atomic mass is 10.2. The maximum atomic E-state index is 4.85. The number of rotatable bonds is 5. The number of hydrogen-bond acceptors (Lipinski definition) is 4. The van der Waals surface area contributed by atoms with E-state index in [9.17, 15) is 0 Å². The first-order valence-corrected chi connectivity index (χ1v) is 10.4. The predicted molar refractivity (Wildman–Crippen MR) is 112 cm³/mol. The van der Waals surface area contributed by atoms with E-state index >= 15 is 0 Å². The third-order valence-corrected chi connectivity index (χ3v) is 5.91. The van der Waals surface area contributed by atoms with Crippen LogP contribution < -0.4 is 15.5 Å². The number of anilines is 1. The molecule has 0 radical (unpaired) electrons. The second-order valence-corrected chi connectivity index (χ2v) is 7.92. The third kappa shape index (κ3) is 4.46. The van der Waals surface area contributed by atoms with Crippen LogP contribution in [-0.2, 0) is 13.6 Å². The highest BCUT2D eigenvalue weighted by Crippen LogP contribution is 2.20. The summed E-state index contributed by atoms with van der Waals surface area (Å²) in [6.45, 7) is 4.57. The molecule has 2 fully saturated rings. The summed E-state index contributed by atoms with van der Waals surface area (Å²) in [6, 6.07) is 11.6. The fraction of sp³-hybridized carbons (Fsp3) is 0.571. The number of nitrogens with one attached hydrogen (secondary N) is 2. The van der Waals surface area contributed by atoms with Gasteiger partial charge in [-0.1, -0.05) is 31.0 Å². The molecule has 1 atom stereocenters. The predicted octanol–water partition coefficient (Wildman–Crippen LogP) is 2.38. The largest absolute Gasteiger partial charge is 0.369 e. The van der Waals surface area contributed by atoms with E-state index in [-0.39, 0.29) is 0 Å². The standard InChI is InChI=1S/C21H31N7/c1-16-25-26-20(27(16)2)14-22-21(23-17-8-6-7-9-17)24-18-12-13-28(15-18)19-10-4-3-5-11-19/h3-5,10-11,17-18H,6-9,12-15H2,1-2H3,(H2,22,23,24). The average Bonchev–Trinajstić information content (AvgIpc) is 3.45. The number of hydrogen-bond donors (Lipinski definition) is 2. The number of benzene rings is 1. The number of guanidine groups is 1. The molecule has 150 valence electrons. The summed E-state index contributed by atoms with van der Waals surface area (Å²) >= 11 is 0. The molecule has 1 aromatic heterocycles. The SMILES string of the molecule is Cc1nnc(CN=C(NC2CCCC2)NC2CCN(c3ccccc3)C2)n1C. The van der Waals surface area contributed by atoms with E-state index in [0.29, 0.717) is 18.6 Å². The highest BCUT2D eigenvalue weighted by Gasteiger charge is 2.25. The molecular weight excluding hydrogens is 350 g/mol. The molecule has 0 amide bonds. The van der Waals surface area contributed by atoms with Crippen LogP contribution in [0.25, 0.3) is 0 Å². The topological polar surface area (TPSA) is 70.4 Å². The van der Waals surface area contributed by atoms with Crippen LogP contribution in [0.15, 0.2) is 35.3 Å². The molecule has 7 nitrogen and oxygen atoms in total. The van der Waals surface area contributed by atoms with Crippen molar-refractivity contribution < 1.29 is 0 Å². The zero-order chi connectivity index (χ0) is 19.3. The van der Waals surface area contributed by atoms with Crippen molar-refractivity contribution in [3.8, 4) is 0 Å². The zero-order valence-electron chi connectivity index (χ0n) is 16.9. The number of nitrogens with zero attached hydrogens (tertiary/aromatic N) is 5. The molecule has 28 heavy (non-hydrogen) atoms. The van der Waals surface area contributed by atoms with E-state index < -0.39 is 0 Å². The fourth-order valence-electron chi connectivity index (χ4n) is 4.08. The Morgan fingerprint density at radius 3 is 2.54 bits per heavy atom. The van der Waals surface area contributed by atoms with Crippen molar-refractivity contribution in [2.45, 2.75) is 57.7 Å². The van der Waals surface area contributed by atoms with Crippen molar-refractivity contribution in [1.29, 1.82) is 0 Å². The quantitative estimate of drug-likeness (QED) is 0.615. The van der Waals surface area contributed by atoms with Crippen molar-refractivity contribution in [2.75, 3.05) is 18.0 Å². The van der Waals surface area contributed by atoms with Gasteiger partial charge in [0.05, 0.1) is 0 Å². The molecule has 2 N–H and O–H groups in total. The van der Waals surface area contributed by atoms with E-state index in [2.05, 4.69) is 56.1 Å². The summed E-state index contributed by atoms with van der Waals surface area (Å²) < 4.78 is 2.00.